The van der Waals surface area contributed by atoms with Crippen molar-refractivity contribution in [3.05, 3.63) is 16.8 Å². The van der Waals surface area contributed by atoms with Crippen LogP contribution in [0.1, 0.15) is 43.5 Å². The van der Waals surface area contributed by atoms with Gasteiger partial charge in [-0.1, -0.05) is 13.8 Å². The molecule has 21 heavy (non-hydrogen) atoms. The van der Waals surface area contributed by atoms with E-state index in [2.05, 4.69) is 40.3 Å². The molecule has 1 aliphatic rings. The molecule has 0 aliphatic carbocycles. The standard InChI is InChI=1S/C16H25N5/c1-4-13-14(9-17)16(20-19-15(13)5-2)21(3)11-12-7-6-8-18-10-12/h12,18H,4-8,10-11H2,1-3H3. The van der Waals surface area contributed by atoms with Gasteiger partial charge in [0.15, 0.2) is 5.82 Å². The van der Waals surface area contributed by atoms with E-state index in [0.717, 1.165) is 49.6 Å². The van der Waals surface area contributed by atoms with Gasteiger partial charge in [-0.05, 0) is 50.3 Å². The highest BCUT2D eigenvalue weighted by Gasteiger charge is 2.20. The molecule has 0 amide bonds. The maximum atomic E-state index is 9.55. The smallest absolute Gasteiger partial charge is 0.169 e. The quantitative estimate of drug-likeness (QED) is 0.896. The third kappa shape index (κ3) is 3.51. The number of hydrogen-bond donors (Lipinski definition) is 1. The Balaban J connectivity index is 2.23. The monoisotopic (exact) mass is 287 g/mol. The predicted octanol–water partition coefficient (Wildman–Crippen LogP) is 1.91. The third-order valence-electron chi connectivity index (χ3n) is 4.23. The Morgan fingerprint density at radius 1 is 1.33 bits per heavy atom. The van der Waals surface area contributed by atoms with Gasteiger partial charge in [-0.25, -0.2) is 0 Å². The lowest BCUT2D eigenvalue weighted by Gasteiger charge is -2.28. The molecule has 0 bridgehead atoms. The fourth-order valence-corrected chi connectivity index (χ4v) is 3.10. The largest absolute Gasteiger partial charge is 0.357 e. The van der Waals surface area contributed by atoms with E-state index in [-0.39, 0.29) is 0 Å². The lowest BCUT2D eigenvalue weighted by atomic mass is 9.98. The van der Waals surface area contributed by atoms with Crippen molar-refractivity contribution in [3.63, 3.8) is 0 Å². The highest BCUT2D eigenvalue weighted by molar-refractivity contribution is 5.57. The Hall–Kier alpha value is -1.67. The van der Waals surface area contributed by atoms with Gasteiger partial charge in [-0.3, -0.25) is 0 Å². The van der Waals surface area contributed by atoms with Crippen LogP contribution in [0, 0.1) is 17.2 Å². The third-order valence-corrected chi connectivity index (χ3v) is 4.23. The summed E-state index contributed by atoms with van der Waals surface area (Å²) in [6.07, 6.45) is 4.11. The first-order valence-electron chi connectivity index (χ1n) is 7.91. The number of aryl methyl sites for hydroxylation is 1. The van der Waals surface area contributed by atoms with Gasteiger partial charge in [0, 0.05) is 13.6 Å². The molecule has 1 unspecified atom stereocenters. The summed E-state index contributed by atoms with van der Waals surface area (Å²) in [6.45, 7) is 7.22. The molecule has 2 heterocycles. The van der Waals surface area contributed by atoms with Crippen molar-refractivity contribution in [1.82, 2.24) is 15.5 Å². The summed E-state index contributed by atoms with van der Waals surface area (Å²) in [5.41, 5.74) is 2.71. The second kappa shape index (κ2) is 7.37. The molecular formula is C16H25N5. The number of anilines is 1. The van der Waals surface area contributed by atoms with Crippen molar-refractivity contribution in [1.29, 1.82) is 5.26 Å². The summed E-state index contributed by atoms with van der Waals surface area (Å²) in [4.78, 5) is 2.10. The minimum atomic E-state index is 0.619. The van der Waals surface area contributed by atoms with Crippen LogP contribution in [0.25, 0.3) is 0 Å². The van der Waals surface area contributed by atoms with Crippen LogP contribution >= 0.6 is 0 Å². The van der Waals surface area contributed by atoms with Gasteiger partial charge in [0.2, 0.25) is 0 Å². The van der Waals surface area contributed by atoms with Gasteiger partial charge >= 0.3 is 0 Å². The number of piperidine rings is 1. The van der Waals surface area contributed by atoms with E-state index in [9.17, 15) is 5.26 Å². The van der Waals surface area contributed by atoms with Gasteiger partial charge in [-0.15, -0.1) is 5.10 Å². The van der Waals surface area contributed by atoms with Gasteiger partial charge in [0.05, 0.1) is 5.69 Å². The van der Waals surface area contributed by atoms with Crippen molar-refractivity contribution in [2.24, 2.45) is 5.92 Å². The zero-order valence-corrected chi connectivity index (χ0v) is 13.3. The second-order valence-electron chi connectivity index (χ2n) is 5.74. The van der Waals surface area contributed by atoms with Crippen LogP contribution in [0.4, 0.5) is 5.82 Å². The fraction of sp³-hybridized carbons (Fsp3) is 0.688. The summed E-state index contributed by atoms with van der Waals surface area (Å²) in [7, 11) is 2.02. The van der Waals surface area contributed by atoms with Crippen LogP contribution < -0.4 is 10.2 Å². The number of nitrogens with zero attached hydrogens (tertiary/aromatic N) is 4. The number of nitrogens with one attached hydrogen (secondary N) is 1. The molecule has 1 aliphatic heterocycles. The fourth-order valence-electron chi connectivity index (χ4n) is 3.10. The lowest BCUT2D eigenvalue weighted by Crippen LogP contribution is -2.37. The highest BCUT2D eigenvalue weighted by Crippen LogP contribution is 2.24. The average Bonchev–Trinajstić information content (AvgIpc) is 2.53. The molecule has 2 rings (SSSR count). The summed E-state index contributed by atoms with van der Waals surface area (Å²) in [5.74, 6) is 1.35. The molecule has 1 aromatic rings. The van der Waals surface area contributed by atoms with Gasteiger partial charge in [0.1, 0.15) is 11.6 Å². The van der Waals surface area contributed by atoms with Gasteiger partial charge in [-0.2, -0.15) is 10.4 Å². The number of aromatic nitrogens is 2. The van der Waals surface area contributed by atoms with Crippen molar-refractivity contribution in [3.8, 4) is 6.07 Å². The molecule has 1 aromatic heterocycles. The van der Waals surface area contributed by atoms with Crippen molar-refractivity contribution >= 4 is 5.82 Å². The zero-order valence-electron chi connectivity index (χ0n) is 13.3. The summed E-state index contributed by atoms with van der Waals surface area (Å²) in [6, 6.07) is 2.35. The van der Waals surface area contributed by atoms with Crippen LogP contribution in [0.5, 0.6) is 0 Å². The van der Waals surface area contributed by atoms with Crippen LogP contribution in [0.15, 0.2) is 0 Å². The maximum absolute atomic E-state index is 9.55. The molecular weight excluding hydrogens is 262 g/mol. The highest BCUT2D eigenvalue weighted by atomic mass is 15.3. The average molecular weight is 287 g/mol. The minimum Gasteiger partial charge on any atom is -0.357 e. The Labute approximate surface area is 127 Å². The number of hydrogen-bond acceptors (Lipinski definition) is 5. The van der Waals surface area contributed by atoms with Gasteiger partial charge in [0.25, 0.3) is 0 Å². The molecule has 0 radical (unpaired) electrons. The zero-order chi connectivity index (χ0) is 15.2. The molecule has 0 aromatic carbocycles. The molecule has 114 valence electrons. The Bertz CT molecular complexity index is 514. The van der Waals surface area contributed by atoms with Crippen LogP contribution in [0.3, 0.4) is 0 Å². The number of rotatable bonds is 5. The minimum absolute atomic E-state index is 0.619. The lowest BCUT2D eigenvalue weighted by molar-refractivity contribution is 0.380. The van der Waals surface area contributed by atoms with Crippen molar-refractivity contribution in [2.75, 3.05) is 31.6 Å². The predicted molar refractivity (Wildman–Crippen MR) is 84.4 cm³/mol. The van der Waals surface area contributed by atoms with E-state index >= 15 is 0 Å². The van der Waals surface area contributed by atoms with E-state index in [4.69, 9.17) is 0 Å². The molecule has 1 atom stereocenters. The summed E-state index contributed by atoms with van der Waals surface area (Å²) < 4.78 is 0. The first-order valence-corrected chi connectivity index (χ1v) is 7.91. The van der Waals surface area contributed by atoms with Crippen molar-refractivity contribution < 1.29 is 0 Å². The second-order valence-corrected chi connectivity index (χ2v) is 5.74. The summed E-state index contributed by atoms with van der Waals surface area (Å²) in [5, 5.41) is 21.6. The first kappa shape index (κ1) is 15.7. The summed E-state index contributed by atoms with van der Waals surface area (Å²) >= 11 is 0. The van der Waals surface area contributed by atoms with E-state index in [1.807, 2.05) is 7.05 Å². The molecule has 1 N–H and O–H groups in total. The van der Waals surface area contributed by atoms with E-state index < -0.39 is 0 Å². The van der Waals surface area contributed by atoms with Crippen molar-refractivity contribution in [2.45, 2.75) is 39.5 Å². The SMILES string of the molecule is CCc1nnc(N(C)CC2CCCNC2)c(C#N)c1CC. The molecule has 0 saturated carbocycles. The van der Waals surface area contributed by atoms with Crippen LogP contribution in [0.2, 0.25) is 0 Å². The Morgan fingerprint density at radius 3 is 2.71 bits per heavy atom. The Kier molecular flexibility index (Phi) is 5.51. The molecule has 1 fully saturated rings. The van der Waals surface area contributed by atoms with Crippen LogP contribution in [-0.2, 0) is 12.8 Å². The van der Waals surface area contributed by atoms with E-state index in [1.54, 1.807) is 0 Å². The maximum Gasteiger partial charge on any atom is 0.169 e. The normalized spacial score (nSPS) is 18.3. The number of nitriles is 1. The molecule has 5 nitrogen and oxygen atoms in total. The van der Waals surface area contributed by atoms with E-state index in [0.29, 0.717) is 11.5 Å². The first-order chi connectivity index (χ1) is 10.2. The Morgan fingerprint density at radius 2 is 2.14 bits per heavy atom. The molecule has 5 heteroatoms. The van der Waals surface area contributed by atoms with E-state index in [1.165, 1.54) is 12.8 Å². The molecule has 0 spiro atoms. The molecule has 1 saturated heterocycles. The topological polar surface area (TPSA) is 64.8 Å². The van der Waals surface area contributed by atoms with Crippen LogP contribution in [-0.4, -0.2) is 36.9 Å². The van der Waals surface area contributed by atoms with Gasteiger partial charge < -0.3 is 10.2 Å².